The Kier molecular flexibility index (Phi) is 4.33. The summed E-state index contributed by atoms with van der Waals surface area (Å²) in [5, 5.41) is 10.6. The molecule has 21 heavy (non-hydrogen) atoms. The van der Waals surface area contributed by atoms with E-state index >= 15 is 0 Å². The molecule has 108 valence electrons. The number of nitrogens with zero attached hydrogens (tertiary/aromatic N) is 1. The monoisotopic (exact) mass is 284 g/mol. The molecule has 1 atom stereocenters. The second-order valence-corrected chi connectivity index (χ2v) is 4.98. The minimum absolute atomic E-state index is 0.0727. The average molecular weight is 284 g/mol. The smallest absolute Gasteiger partial charge is 0.269 e. The predicted octanol–water partition coefficient (Wildman–Crippen LogP) is 3.04. The van der Waals surface area contributed by atoms with Crippen molar-refractivity contribution in [1.29, 1.82) is 0 Å². The van der Waals surface area contributed by atoms with Crippen LogP contribution in [0, 0.1) is 10.1 Å². The summed E-state index contributed by atoms with van der Waals surface area (Å²) in [4.78, 5) is 21.6. The van der Waals surface area contributed by atoms with Crippen molar-refractivity contribution in [3.8, 4) is 0 Å². The lowest BCUT2D eigenvalue weighted by molar-refractivity contribution is -0.384. The quantitative estimate of drug-likeness (QED) is 0.676. The zero-order chi connectivity index (χ0) is 15.4. The lowest BCUT2D eigenvalue weighted by Crippen LogP contribution is -2.14. The summed E-state index contributed by atoms with van der Waals surface area (Å²) in [6.07, 6.45) is 0.650. The first-order valence-corrected chi connectivity index (χ1v) is 6.61. The maximum Gasteiger partial charge on any atom is 0.269 e. The summed E-state index contributed by atoms with van der Waals surface area (Å²) < 4.78 is 0. The molecule has 1 amide bonds. The van der Waals surface area contributed by atoms with Crippen LogP contribution in [0.25, 0.3) is 0 Å². The van der Waals surface area contributed by atoms with Crippen LogP contribution >= 0.6 is 0 Å². The van der Waals surface area contributed by atoms with Crippen molar-refractivity contribution in [1.82, 2.24) is 0 Å². The molecule has 0 aliphatic carbocycles. The van der Waals surface area contributed by atoms with Crippen molar-refractivity contribution in [3.05, 3.63) is 75.3 Å². The molecule has 0 fully saturated rings. The number of carbonyl (C=O) groups is 1. The average Bonchev–Trinajstić information content (AvgIpc) is 2.47. The zero-order valence-corrected chi connectivity index (χ0v) is 11.7. The first-order chi connectivity index (χ1) is 9.99. The first kappa shape index (κ1) is 14.7. The number of primary amides is 1. The summed E-state index contributed by atoms with van der Waals surface area (Å²) in [6, 6.07) is 13.7. The van der Waals surface area contributed by atoms with Crippen molar-refractivity contribution >= 4 is 11.6 Å². The van der Waals surface area contributed by atoms with Gasteiger partial charge in [0, 0.05) is 17.7 Å². The van der Waals surface area contributed by atoms with E-state index in [1.807, 2.05) is 19.1 Å². The van der Waals surface area contributed by atoms with Crippen molar-refractivity contribution < 1.29 is 9.72 Å². The number of amides is 1. The van der Waals surface area contributed by atoms with Crippen LogP contribution in [0.4, 0.5) is 5.69 Å². The van der Waals surface area contributed by atoms with Gasteiger partial charge in [0.15, 0.2) is 0 Å². The third-order valence-corrected chi connectivity index (χ3v) is 3.48. The van der Waals surface area contributed by atoms with Crippen LogP contribution in [0.2, 0.25) is 0 Å². The van der Waals surface area contributed by atoms with Gasteiger partial charge < -0.3 is 5.73 Å². The molecule has 2 rings (SSSR count). The van der Waals surface area contributed by atoms with Crippen LogP contribution in [0.15, 0.2) is 48.5 Å². The normalized spacial score (nSPS) is 11.9. The van der Waals surface area contributed by atoms with E-state index in [0.29, 0.717) is 12.0 Å². The summed E-state index contributed by atoms with van der Waals surface area (Å²) in [5.41, 5.74) is 7.83. The standard InChI is InChI=1S/C16H16N2O3/c1-11(12-6-8-14(9-7-12)18(20)21)10-13-4-2-3-5-15(13)16(17)19/h2-9,11H,10H2,1H3,(H2,17,19). The van der Waals surface area contributed by atoms with Crippen LogP contribution in [-0.2, 0) is 6.42 Å². The Morgan fingerprint density at radius 3 is 2.38 bits per heavy atom. The Bertz CT molecular complexity index is 665. The Morgan fingerprint density at radius 1 is 1.19 bits per heavy atom. The number of benzene rings is 2. The van der Waals surface area contributed by atoms with Crippen molar-refractivity contribution in [3.63, 3.8) is 0 Å². The van der Waals surface area contributed by atoms with Crippen molar-refractivity contribution in [2.24, 2.45) is 5.73 Å². The molecule has 0 bridgehead atoms. The third kappa shape index (κ3) is 3.45. The Morgan fingerprint density at radius 2 is 1.81 bits per heavy atom. The van der Waals surface area contributed by atoms with E-state index in [-0.39, 0.29) is 11.6 Å². The van der Waals surface area contributed by atoms with Gasteiger partial charge in [-0.1, -0.05) is 37.3 Å². The van der Waals surface area contributed by atoms with Gasteiger partial charge in [-0.3, -0.25) is 14.9 Å². The van der Waals surface area contributed by atoms with E-state index in [1.54, 1.807) is 24.3 Å². The fraction of sp³-hybridized carbons (Fsp3) is 0.188. The van der Waals surface area contributed by atoms with Gasteiger partial charge in [0.2, 0.25) is 5.91 Å². The van der Waals surface area contributed by atoms with Crippen molar-refractivity contribution in [2.75, 3.05) is 0 Å². The fourth-order valence-corrected chi connectivity index (χ4v) is 2.31. The molecule has 2 N–H and O–H groups in total. The first-order valence-electron chi connectivity index (χ1n) is 6.61. The number of hydrogen-bond donors (Lipinski definition) is 1. The summed E-state index contributed by atoms with van der Waals surface area (Å²) in [5.74, 6) is -0.312. The van der Waals surface area contributed by atoms with Gasteiger partial charge in [-0.15, -0.1) is 0 Å². The fourth-order valence-electron chi connectivity index (χ4n) is 2.31. The van der Waals surface area contributed by atoms with Crippen LogP contribution < -0.4 is 5.73 Å². The molecule has 0 heterocycles. The molecule has 0 spiro atoms. The van der Waals surface area contributed by atoms with Gasteiger partial charge >= 0.3 is 0 Å². The van der Waals surface area contributed by atoms with Crippen molar-refractivity contribution in [2.45, 2.75) is 19.3 Å². The van der Waals surface area contributed by atoms with Gasteiger partial charge in [-0.05, 0) is 29.5 Å². The van der Waals surface area contributed by atoms with Gasteiger partial charge in [-0.2, -0.15) is 0 Å². The predicted molar refractivity (Wildman–Crippen MR) is 80.2 cm³/mol. The molecule has 1 unspecified atom stereocenters. The molecule has 2 aromatic rings. The number of nitro groups is 1. The highest BCUT2D eigenvalue weighted by molar-refractivity contribution is 5.94. The molecular weight excluding hydrogens is 268 g/mol. The van der Waals surface area contributed by atoms with E-state index in [4.69, 9.17) is 5.73 Å². The lowest BCUT2D eigenvalue weighted by atomic mass is 9.91. The van der Waals surface area contributed by atoms with E-state index in [9.17, 15) is 14.9 Å². The molecule has 0 aliphatic heterocycles. The number of rotatable bonds is 5. The van der Waals surface area contributed by atoms with Crippen LogP contribution in [-0.4, -0.2) is 10.8 Å². The van der Waals surface area contributed by atoms with Gasteiger partial charge in [0.05, 0.1) is 4.92 Å². The lowest BCUT2D eigenvalue weighted by Gasteiger charge is -2.14. The van der Waals surface area contributed by atoms with E-state index < -0.39 is 10.8 Å². The minimum atomic E-state index is -0.443. The molecule has 0 aliphatic rings. The summed E-state index contributed by atoms with van der Waals surface area (Å²) in [7, 11) is 0. The van der Waals surface area contributed by atoms with E-state index in [2.05, 4.69) is 0 Å². The third-order valence-electron chi connectivity index (χ3n) is 3.48. The number of carbonyl (C=O) groups excluding carboxylic acids is 1. The maximum absolute atomic E-state index is 11.4. The summed E-state index contributed by atoms with van der Waals surface area (Å²) >= 11 is 0. The van der Waals surface area contributed by atoms with Crippen LogP contribution in [0.1, 0.15) is 34.3 Å². The second kappa shape index (κ2) is 6.17. The molecular formula is C16H16N2O3. The second-order valence-electron chi connectivity index (χ2n) is 4.98. The number of hydrogen-bond acceptors (Lipinski definition) is 3. The highest BCUT2D eigenvalue weighted by Gasteiger charge is 2.13. The molecule has 2 aromatic carbocycles. The molecule has 5 heteroatoms. The van der Waals surface area contributed by atoms with Gasteiger partial charge in [-0.25, -0.2) is 0 Å². The number of nitro benzene ring substituents is 1. The van der Waals surface area contributed by atoms with E-state index in [1.165, 1.54) is 12.1 Å². The highest BCUT2D eigenvalue weighted by Crippen LogP contribution is 2.24. The highest BCUT2D eigenvalue weighted by atomic mass is 16.6. The number of nitrogens with two attached hydrogens (primary N) is 1. The number of non-ortho nitro benzene ring substituents is 1. The zero-order valence-electron chi connectivity index (χ0n) is 11.7. The molecule has 0 saturated carbocycles. The van der Waals surface area contributed by atoms with Crippen LogP contribution in [0.3, 0.4) is 0 Å². The maximum atomic E-state index is 11.4. The minimum Gasteiger partial charge on any atom is -0.366 e. The topological polar surface area (TPSA) is 86.2 Å². The van der Waals surface area contributed by atoms with Gasteiger partial charge in [0.25, 0.3) is 5.69 Å². The van der Waals surface area contributed by atoms with E-state index in [0.717, 1.165) is 11.1 Å². The SMILES string of the molecule is CC(Cc1ccccc1C(N)=O)c1ccc([N+](=O)[O-])cc1. The Hall–Kier alpha value is -2.69. The molecule has 0 radical (unpaired) electrons. The molecule has 0 saturated heterocycles. The summed E-state index contributed by atoms with van der Waals surface area (Å²) in [6.45, 7) is 2.01. The largest absolute Gasteiger partial charge is 0.366 e. The Balaban J connectivity index is 2.20. The van der Waals surface area contributed by atoms with Crippen LogP contribution in [0.5, 0.6) is 0 Å². The molecule has 5 nitrogen and oxygen atoms in total. The molecule has 0 aromatic heterocycles. The van der Waals surface area contributed by atoms with Gasteiger partial charge in [0.1, 0.15) is 0 Å². The Labute approximate surface area is 122 Å².